The van der Waals surface area contributed by atoms with Gasteiger partial charge in [0, 0.05) is 44.7 Å². The molecule has 1 atom stereocenters. The number of rotatable bonds is 4. The first kappa shape index (κ1) is 28.7. The van der Waals surface area contributed by atoms with Crippen molar-refractivity contribution in [1.82, 2.24) is 9.97 Å². The summed E-state index contributed by atoms with van der Waals surface area (Å²) in [5.41, 5.74) is 14.3. The van der Waals surface area contributed by atoms with Gasteiger partial charge in [0.1, 0.15) is 0 Å². The van der Waals surface area contributed by atoms with E-state index in [9.17, 15) is 0 Å². The molecule has 2 aliphatic rings. The van der Waals surface area contributed by atoms with Gasteiger partial charge in [-0.25, -0.2) is 4.99 Å². The average Bonchev–Trinajstić information content (AvgIpc) is 3.94. The molecule has 9 rings (SSSR count). The number of nitrogens with zero attached hydrogens (tertiary/aromatic N) is 1. The number of aliphatic imine (C=N–C) groups is 1. The van der Waals surface area contributed by atoms with E-state index in [1.807, 2.05) is 0 Å². The van der Waals surface area contributed by atoms with Gasteiger partial charge < -0.3 is 9.97 Å². The molecule has 2 aliphatic heterocycles. The van der Waals surface area contributed by atoms with E-state index in [2.05, 4.69) is 192 Å². The van der Waals surface area contributed by atoms with Gasteiger partial charge in [0.25, 0.3) is 0 Å². The Hall–Kier alpha value is -6.45. The maximum absolute atomic E-state index is 5.38. The molecule has 1 unspecified atom stereocenters. The first-order chi connectivity index (χ1) is 24.3. The van der Waals surface area contributed by atoms with Crippen molar-refractivity contribution >= 4 is 22.4 Å². The molecule has 8 bridgehead atoms. The van der Waals surface area contributed by atoms with Crippen LogP contribution in [-0.4, -0.2) is 15.7 Å². The third kappa shape index (κ3) is 5.32. The van der Waals surface area contributed by atoms with Gasteiger partial charge in [0.2, 0.25) is 0 Å². The molecule has 0 aliphatic carbocycles. The molecule has 3 nitrogen and oxygen atoms in total. The lowest BCUT2D eigenvalue weighted by Gasteiger charge is -2.19. The van der Waals surface area contributed by atoms with Crippen LogP contribution in [0.25, 0.3) is 16.7 Å². The summed E-state index contributed by atoms with van der Waals surface area (Å²) < 4.78 is 0. The van der Waals surface area contributed by atoms with Gasteiger partial charge in [0.15, 0.2) is 0 Å². The molecule has 0 saturated carbocycles. The van der Waals surface area contributed by atoms with E-state index in [4.69, 9.17) is 4.99 Å². The summed E-state index contributed by atoms with van der Waals surface area (Å²) in [5.74, 6) is -0.00254. The Bertz CT molecular complexity index is 2510. The fourth-order valence-corrected chi connectivity index (χ4v) is 7.30. The highest BCUT2D eigenvalue weighted by Crippen LogP contribution is 2.37. The molecule has 0 fully saturated rings. The summed E-state index contributed by atoms with van der Waals surface area (Å²) in [5, 5.41) is 2.08. The predicted octanol–water partition coefficient (Wildman–Crippen LogP) is 8.75. The normalized spacial score (nSPS) is 19.1. The SMILES string of the molecule is C1=C/C2=C(\c3ccccc3)c3ccc([nH]3)C(c3ccccc3)c3cccc(c3)/C(c3ccccc3)=c3/cc/c([nH]3)=C(\c3ccccc3)C1=N2. The van der Waals surface area contributed by atoms with Crippen LogP contribution in [0.1, 0.15) is 50.7 Å². The second kappa shape index (κ2) is 12.3. The maximum atomic E-state index is 5.38. The van der Waals surface area contributed by atoms with E-state index in [1.165, 1.54) is 11.1 Å². The van der Waals surface area contributed by atoms with Crippen LogP contribution in [0.4, 0.5) is 0 Å². The van der Waals surface area contributed by atoms with Crippen molar-refractivity contribution in [2.75, 3.05) is 0 Å². The molecule has 232 valence electrons. The summed E-state index contributed by atoms with van der Waals surface area (Å²) in [4.78, 5) is 13.1. The van der Waals surface area contributed by atoms with Gasteiger partial charge >= 0.3 is 0 Å². The fraction of sp³-hybridized carbons (Fsp3) is 0.0217. The van der Waals surface area contributed by atoms with Gasteiger partial charge in [0.05, 0.1) is 11.4 Å². The molecule has 4 heterocycles. The van der Waals surface area contributed by atoms with Gasteiger partial charge in [-0.3, -0.25) is 0 Å². The number of benzene rings is 5. The lowest BCUT2D eigenvalue weighted by Crippen LogP contribution is -2.19. The molecule has 2 N–H and O–H groups in total. The van der Waals surface area contributed by atoms with Gasteiger partial charge in [-0.05, 0) is 69.8 Å². The summed E-state index contributed by atoms with van der Waals surface area (Å²) in [6.07, 6.45) is 4.31. The standard InChI is InChI=1S/C46H33N3/c1-5-14-31(15-6-1)43-35-22-13-23-36(30-35)44(32-16-7-2-8-17-32)38-25-27-40(48-38)46(34-20-11-4-12-21-34)42-29-28-41(49-42)45(33-18-9-3-10-19-33)39-26-24-37(43)47-39/h1-30,43,47-48H/b44-38-,45-41-,46-40-. The van der Waals surface area contributed by atoms with Crippen LogP contribution in [0.5, 0.6) is 0 Å². The van der Waals surface area contributed by atoms with Crippen LogP contribution in [0.2, 0.25) is 0 Å². The molecule has 0 saturated heterocycles. The second-order valence-corrected chi connectivity index (χ2v) is 12.5. The highest BCUT2D eigenvalue weighted by Gasteiger charge is 2.23. The molecule has 2 aromatic heterocycles. The Balaban J connectivity index is 1.41. The highest BCUT2D eigenvalue weighted by molar-refractivity contribution is 6.30. The van der Waals surface area contributed by atoms with Crippen LogP contribution in [-0.2, 0) is 0 Å². The molecule has 0 spiro atoms. The lowest BCUT2D eigenvalue weighted by molar-refractivity contribution is 0.929. The number of hydrogen-bond donors (Lipinski definition) is 2. The number of allylic oxidation sites excluding steroid dienone is 2. The highest BCUT2D eigenvalue weighted by atomic mass is 14.8. The minimum Gasteiger partial charge on any atom is -0.358 e. The van der Waals surface area contributed by atoms with Crippen molar-refractivity contribution in [3.8, 4) is 0 Å². The first-order valence-corrected chi connectivity index (χ1v) is 16.8. The van der Waals surface area contributed by atoms with Gasteiger partial charge in [-0.15, -0.1) is 0 Å². The molecule has 0 amide bonds. The van der Waals surface area contributed by atoms with Crippen molar-refractivity contribution in [2.45, 2.75) is 5.92 Å². The number of aromatic nitrogens is 2. The summed E-state index contributed by atoms with van der Waals surface area (Å²) in [6, 6.07) is 60.5. The minimum atomic E-state index is -0.00254. The Morgan fingerprint density at radius 3 is 1.63 bits per heavy atom. The third-order valence-electron chi connectivity index (χ3n) is 9.49. The van der Waals surface area contributed by atoms with Crippen LogP contribution < -0.4 is 10.7 Å². The van der Waals surface area contributed by atoms with Crippen LogP contribution >= 0.6 is 0 Å². The van der Waals surface area contributed by atoms with E-state index in [-0.39, 0.29) is 5.92 Å². The monoisotopic (exact) mass is 627 g/mol. The number of hydrogen-bond acceptors (Lipinski definition) is 1. The maximum Gasteiger partial charge on any atom is 0.0737 e. The number of H-pyrrole nitrogens is 2. The zero-order valence-electron chi connectivity index (χ0n) is 26.8. The molecule has 3 heteroatoms. The zero-order valence-corrected chi connectivity index (χ0v) is 26.8. The molecule has 0 radical (unpaired) electrons. The van der Waals surface area contributed by atoms with E-state index in [0.717, 1.165) is 72.5 Å². The number of fused-ring (bicyclic) bond motifs is 7. The van der Waals surface area contributed by atoms with Crippen molar-refractivity contribution in [2.24, 2.45) is 4.99 Å². The molecular weight excluding hydrogens is 595 g/mol. The van der Waals surface area contributed by atoms with Crippen molar-refractivity contribution in [3.63, 3.8) is 0 Å². The second-order valence-electron chi connectivity index (χ2n) is 12.5. The minimum absolute atomic E-state index is 0.00254. The van der Waals surface area contributed by atoms with E-state index in [0.29, 0.717) is 0 Å². The molecule has 49 heavy (non-hydrogen) atoms. The lowest BCUT2D eigenvalue weighted by atomic mass is 9.86. The zero-order chi connectivity index (χ0) is 32.6. The largest absolute Gasteiger partial charge is 0.358 e. The number of aromatic amines is 2. The van der Waals surface area contributed by atoms with Gasteiger partial charge in [-0.1, -0.05) is 146 Å². The quantitative estimate of drug-likeness (QED) is 0.196. The Morgan fingerprint density at radius 1 is 0.408 bits per heavy atom. The summed E-state index contributed by atoms with van der Waals surface area (Å²) in [7, 11) is 0. The van der Waals surface area contributed by atoms with Crippen LogP contribution in [0.15, 0.2) is 193 Å². The van der Waals surface area contributed by atoms with Crippen LogP contribution in [0, 0.1) is 0 Å². The fourth-order valence-electron chi connectivity index (χ4n) is 7.30. The van der Waals surface area contributed by atoms with Crippen molar-refractivity contribution in [1.29, 1.82) is 0 Å². The summed E-state index contributed by atoms with van der Waals surface area (Å²) in [6.45, 7) is 0. The molecular formula is C46H33N3. The van der Waals surface area contributed by atoms with Crippen molar-refractivity contribution < 1.29 is 0 Å². The van der Waals surface area contributed by atoms with Crippen LogP contribution in [0.3, 0.4) is 0 Å². The molecule has 5 aromatic carbocycles. The Labute approximate surface area is 285 Å². The van der Waals surface area contributed by atoms with Gasteiger partial charge in [-0.2, -0.15) is 0 Å². The Morgan fingerprint density at radius 2 is 0.959 bits per heavy atom. The number of nitrogens with one attached hydrogen (secondary N) is 2. The van der Waals surface area contributed by atoms with E-state index < -0.39 is 0 Å². The molecule has 7 aromatic rings. The smallest absolute Gasteiger partial charge is 0.0737 e. The van der Waals surface area contributed by atoms with E-state index in [1.54, 1.807) is 0 Å². The third-order valence-corrected chi connectivity index (χ3v) is 9.49. The summed E-state index contributed by atoms with van der Waals surface area (Å²) >= 11 is 0. The Kier molecular flexibility index (Phi) is 7.21. The van der Waals surface area contributed by atoms with E-state index >= 15 is 0 Å². The average molecular weight is 628 g/mol. The first-order valence-electron chi connectivity index (χ1n) is 16.8. The topological polar surface area (TPSA) is 43.9 Å². The predicted molar refractivity (Wildman–Crippen MR) is 201 cm³/mol. The van der Waals surface area contributed by atoms with Crippen molar-refractivity contribution in [3.05, 3.63) is 243 Å².